The van der Waals surface area contributed by atoms with Crippen LogP contribution in [0.2, 0.25) is 5.02 Å². The molecule has 0 saturated heterocycles. The van der Waals surface area contributed by atoms with Crippen LogP contribution in [0.3, 0.4) is 0 Å². The highest BCUT2D eigenvalue weighted by atomic mass is 35.5. The molecular weight excluding hydrogens is 552 g/mol. The van der Waals surface area contributed by atoms with Crippen molar-refractivity contribution in [3.63, 3.8) is 0 Å². The van der Waals surface area contributed by atoms with E-state index in [1.54, 1.807) is 45.8 Å². The van der Waals surface area contributed by atoms with E-state index in [9.17, 15) is 9.59 Å². The molecule has 1 atom stereocenters. The van der Waals surface area contributed by atoms with Gasteiger partial charge in [-0.3, -0.25) is 19.2 Å². The van der Waals surface area contributed by atoms with Gasteiger partial charge in [0.25, 0.3) is 17.9 Å². The van der Waals surface area contributed by atoms with Gasteiger partial charge in [-0.25, -0.2) is 10.5 Å². The normalized spacial score (nSPS) is 13.7. The van der Waals surface area contributed by atoms with Crippen LogP contribution in [0.15, 0.2) is 71.9 Å². The second-order valence-electron chi connectivity index (χ2n) is 8.91. The molecule has 2 aromatic carbocycles. The van der Waals surface area contributed by atoms with Gasteiger partial charge in [0.2, 0.25) is 0 Å². The molecule has 1 amide bonds. The highest BCUT2D eigenvalue weighted by molar-refractivity contribution is 6.31. The van der Waals surface area contributed by atoms with Crippen LogP contribution in [-0.2, 0) is 16.1 Å². The van der Waals surface area contributed by atoms with E-state index in [4.69, 9.17) is 21.5 Å². The molecule has 3 aromatic heterocycles. The van der Waals surface area contributed by atoms with Gasteiger partial charge in [0.05, 0.1) is 30.7 Å². The van der Waals surface area contributed by atoms with Gasteiger partial charge in [-0.15, -0.1) is 5.10 Å². The van der Waals surface area contributed by atoms with E-state index >= 15 is 0 Å². The molecule has 0 bridgehead atoms. The number of fused-ring (bicyclic) bond motifs is 1. The number of aromatic amines is 1. The molecular formula is C27H23ClN8O5. The maximum absolute atomic E-state index is 13.4. The van der Waals surface area contributed by atoms with Crippen LogP contribution < -0.4 is 11.0 Å². The van der Waals surface area contributed by atoms with Crippen LogP contribution in [0.5, 0.6) is 0 Å². The molecule has 13 nitrogen and oxygen atoms in total. The molecule has 0 spiro atoms. The first-order valence-electron chi connectivity index (χ1n) is 12.3. The number of H-pyrrole nitrogens is 1. The number of amides is 1. The van der Waals surface area contributed by atoms with Crippen molar-refractivity contribution in [1.82, 2.24) is 40.2 Å². The number of pyridine rings is 1. The number of hydrogen-bond donors (Lipinski definition) is 3. The molecule has 1 aliphatic heterocycles. The number of nitrogens with one attached hydrogen (secondary N) is 2. The summed E-state index contributed by atoms with van der Waals surface area (Å²) in [6, 6.07) is 15.9. The lowest BCUT2D eigenvalue weighted by atomic mass is 10.0. The summed E-state index contributed by atoms with van der Waals surface area (Å²) in [5.41, 5.74) is 7.44. The zero-order valence-electron chi connectivity index (χ0n) is 21.6. The number of aryl methyl sites for hydroxylation is 1. The second-order valence-corrected chi connectivity index (χ2v) is 9.35. The highest BCUT2D eigenvalue weighted by Crippen LogP contribution is 2.34. The molecule has 6 rings (SSSR count). The number of tetrazole rings is 1. The predicted octanol–water partition coefficient (Wildman–Crippen LogP) is 3.06. The SMILES string of the molecule is CONC(=O)c1ccc(-c2cnc([C@@H]3CCc4cc(-c5cc(Cl)ccc5-n5cnnn5)cc(=O)n43)[nH]2)cc1.O=CO. The van der Waals surface area contributed by atoms with Crippen LogP contribution in [0, 0.1) is 0 Å². The number of rotatable bonds is 6. The predicted molar refractivity (Wildman–Crippen MR) is 148 cm³/mol. The maximum atomic E-state index is 13.4. The van der Waals surface area contributed by atoms with Gasteiger partial charge < -0.3 is 14.7 Å². The van der Waals surface area contributed by atoms with Crippen LogP contribution >= 0.6 is 11.6 Å². The number of benzene rings is 2. The van der Waals surface area contributed by atoms with Crippen molar-refractivity contribution in [2.75, 3.05) is 7.11 Å². The first-order valence-corrected chi connectivity index (χ1v) is 12.7. The Morgan fingerprint density at radius 3 is 2.66 bits per heavy atom. The van der Waals surface area contributed by atoms with E-state index in [0.717, 1.165) is 40.2 Å². The Labute approximate surface area is 237 Å². The summed E-state index contributed by atoms with van der Waals surface area (Å²) in [5, 5.41) is 18.9. The van der Waals surface area contributed by atoms with Gasteiger partial charge in [-0.05, 0) is 70.8 Å². The lowest BCUT2D eigenvalue weighted by molar-refractivity contribution is -0.122. The fourth-order valence-corrected chi connectivity index (χ4v) is 5.00. The van der Waals surface area contributed by atoms with Crippen LogP contribution in [0.1, 0.15) is 34.3 Å². The summed E-state index contributed by atoms with van der Waals surface area (Å²) >= 11 is 6.30. The minimum Gasteiger partial charge on any atom is -0.483 e. The van der Waals surface area contributed by atoms with Gasteiger partial charge in [0, 0.05) is 27.9 Å². The number of hydrogen-bond acceptors (Lipinski definition) is 8. The number of aromatic nitrogens is 7. The van der Waals surface area contributed by atoms with Crippen molar-refractivity contribution in [2.24, 2.45) is 0 Å². The zero-order valence-corrected chi connectivity index (χ0v) is 22.3. The van der Waals surface area contributed by atoms with E-state index in [2.05, 4.69) is 35.8 Å². The molecule has 14 heteroatoms. The highest BCUT2D eigenvalue weighted by Gasteiger charge is 2.28. The van der Waals surface area contributed by atoms with Crippen LogP contribution in [-0.4, -0.2) is 59.3 Å². The van der Waals surface area contributed by atoms with Gasteiger partial charge in [-0.2, -0.15) is 4.68 Å². The van der Waals surface area contributed by atoms with E-state index in [-0.39, 0.29) is 24.0 Å². The van der Waals surface area contributed by atoms with Crippen molar-refractivity contribution in [3.8, 4) is 28.1 Å². The first-order chi connectivity index (χ1) is 19.9. The van der Waals surface area contributed by atoms with E-state index in [1.807, 2.05) is 24.3 Å². The Morgan fingerprint density at radius 1 is 1.17 bits per heavy atom. The topological polar surface area (TPSA) is 170 Å². The average molecular weight is 575 g/mol. The van der Waals surface area contributed by atoms with Gasteiger partial charge in [0.1, 0.15) is 12.2 Å². The van der Waals surface area contributed by atoms with Gasteiger partial charge in [0.15, 0.2) is 0 Å². The lowest BCUT2D eigenvalue weighted by Gasteiger charge is -2.15. The Bertz CT molecular complexity index is 1750. The quantitative estimate of drug-likeness (QED) is 0.204. The molecule has 0 aliphatic carbocycles. The van der Waals surface area contributed by atoms with Crippen molar-refractivity contribution < 1.29 is 19.5 Å². The lowest BCUT2D eigenvalue weighted by Crippen LogP contribution is -2.23. The molecule has 0 radical (unpaired) electrons. The Kier molecular flexibility index (Phi) is 7.99. The molecule has 0 saturated carbocycles. The number of carboxylic acid groups (broad SMARTS) is 1. The van der Waals surface area contributed by atoms with Crippen molar-refractivity contribution >= 4 is 24.0 Å². The van der Waals surface area contributed by atoms with Crippen LogP contribution in [0.4, 0.5) is 0 Å². The number of imidazole rings is 1. The minimum absolute atomic E-state index is 0.130. The van der Waals surface area contributed by atoms with Crippen molar-refractivity contribution in [2.45, 2.75) is 18.9 Å². The van der Waals surface area contributed by atoms with Crippen LogP contribution in [0.25, 0.3) is 28.1 Å². The number of carbonyl (C=O) groups excluding carboxylic acids is 1. The summed E-state index contributed by atoms with van der Waals surface area (Å²) in [7, 11) is 1.39. The summed E-state index contributed by atoms with van der Waals surface area (Å²) in [4.78, 5) is 46.3. The van der Waals surface area contributed by atoms with Gasteiger partial charge >= 0.3 is 0 Å². The van der Waals surface area contributed by atoms with Crippen molar-refractivity contribution in [1.29, 1.82) is 0 Å². The number of hydroxylamine groups is 1. The van der Waals surface area contributed by atoms with E-state index < -0.39 is 0 Å². The number of nitrogens with zero attached hydrogens (tertiary/aromatic N) is 6. The third-order valence-corrected chi connectivity index (χ3v) is 6.80. The minimum atomic E-state index is -0.325. The standard InChI is InChI=1S/C26H21ClN8O3.CH2O2/c1-38-31-26(37)16-4-2-15(3-5-16)21-13-28-25(30-21)23-9-7-19-10-17(11-24(36)35(19)23)20-12-18(27)6-8-22(20)34-14-29-32-33-34;2-1-3/h2-6,8,10-14,23H,7,9H2,1H3,(H,28,30)(H,31,37);1H,(H,2,3)/t23-;/m0./s1. The van der Waals surface area contributed by atoms with E-state index in [0.29, 0.717) is 22.8 Å². The molecule has 0 unspecified atom stereocenters. The van der Waals surface area contributed by atoms with Crippen molar-refractivity contribution in [3.05, 3.63) is 99.6 Å². The number of carbonyl (C=O) groups is 2. The first kappa shape index (κ1) is 27.4. The summed E-state index contributed by atoms with van der Waals surface area (Å²) in [6.45, 7) is -0.250. The molecule has 1 aliphatic rings. The third-order valence-electron chi connectivity index (χ3n) is 6.56. The summed E-state index contributed by atoms with van der Waals surface area (Å²) in [6.07, 6.45) is 4.69. The summed E-state index contributed by atoms with van der Waals surface area (Å²) in [5.74, 6) is 0.375. The molecule has 3 N–H and O–H groups in total. The fourth-order valence-electron chi connectivity index (χ4n) is 4.83. The van der Waals surface area contributed by atoms with Gasteiger partial charge in [-0.1, -0.05) is 23.7 Å². The Hall–Kier alpha value is -5.14. The smallest absolute Gasteiger partial charge is 0.290 e. The number of halogens is 1. The molecule has 208 valence electrons. The Morgan fingerprint density at radius 2 is 1.95 bits per heavy atom. The maximum Gasteiger partial charge on any atom is 0.290 e. The summed E-state index contributed by atoms with van der Waals surface area (Å²) < 4.78 is 3.33. The molecule has 4 heterocycles. The average Bonchev–Trinajstić information content (AvgIpc) is 3.75. The molecule has 0 fully saturated rings. The zero-order chi connectivity index (χ0) is 28.9. The largest absolute Gasteiger partial charge is 0.483 e. The Balaban J connectivity index is 0.00000108. The monoisotopic (exact) mass is 574 g/mol. The van der Waals surface area contributed by atoms with E-state index in [1.165, 1.54) is 13.4 Å². The fraction of sp³-hybridized carbons (Fsp3) is 0.148. The second kappa shape index (κ2) is 11.9. The molecule has 41 heavy (non-hydrogen) atoms. The molecule has 5 aromatic rings. The third kappa shape index (κ3) is 5.62.